The van der Waals surface area contributed by atoms with E-state index >= 15 is 0 Å². The van der Waals surface area contributed by atoms with Crippen LogP contribution in [0.25, 0.3) is 0 Å². The van der Waals surface area contributed by atoms with Crippen molar-refractivity contribution in [3.63, 3.8) is 0 Å². The number of fused-ring (bicyclic) bond motifs is 1. The number of ether oxygens (including phenoxy) is 1. The van der Waals surface area contributed by atoms with Crippen LogP contribution in [0, 0.1) is 0 Å². The second-order valence-corrected chi connectivity index (χ2v) is 5.90. The molecule has 2 amide bonds. The summed E-state index contributed by atoms with van der Waals surface area (Å²) in [5.74, 6) is 0.0385. The number of nitrogens with one attached hydrogen (secondary N) is 2. The number of benzene rings is 1. The summed E-state index contributed by atoms with van der Waals surface area (Å²) in [4.78, 5) is 23.2. The van der Waals surface area contributed by atoms with E-state index < -0.39 is 11.7 Å². The lowest BCUT2D eigenvalue weighted by Gasteiger charge is -2.20. The highest BCUT2D eigenvalue weighted by molar-refractivity contribution is 5.93. The van der Waals surface area contributed by atoms with Crippen LogP contribution >= 0.6 is 0 Å². The zero-order chi connectivity index (χ0) is 14.8. The number of hydrogen-bond donors (Lipinski definition) is 2. The second kappa shape index (κ2) is 5.53. The summed E-state index contributed by atoms with van der Waals surface area (Å²) in [5, 5.41) is 5.56. The lowest BCUT2D eigenvalue weighted by atomic mass is 10.1. The maximum Gasteiger partial charge on any atom is 0.412 e. The molecule has 0 spiro atoms. The Labute approximate surface area is 118 Å². The third-order valence-electron chi connectivity index (χ3n) is 2.87. The van der Waals surface area contributed by atoms with E-state index in [4.69, 9.17) is 4.74 Å². The number of hydrogen-bond acceptors (Lipinski definition) is 3. The number of anilines is 2. The van der Waals surface area contributed by atoms with Gasteiger partial charge < -0.3 is 10.1 Å². The van der Waals surface area contributed by atoms with E-state index in [0.717, 1.165) is 24.1 Å². The van der Waals surface area contributed by atoms with Crippen molar-refractivity contribution >= 4 is 23.4 Å². The van der Waals surface area contributed by atoms with Crippen molar-refractivity contribution in [1.82, 2.24) is 0 Å². The van der Waals surface area contributed by atoms with Gasteiger partial charge in [0.1, 0.15) is 5.60 Å². The smallest absolute Gasteiger partial charge is 0.412 e. The summed E-state index contributed by atoms with van der Waals surface area (Å²) in [6, 6.07) is 5.45. The molecule has 0 fully saturated rings. The maximum atomic E-state index is 11.7. The van der Waals surface area contributed by atoms with Crippen molar-refractivity contribution in [3.8, 4) is 0 Å². The molecule has 0 atom stereocenters. The molecule has 0 saturated heterocycles. The van der Waals surface area contributed by atoms with Crippen molar-refractivity contribution in [3.05, 3.63) is 23.8 Å². The molecule has 0 aliphatic carbocycles. The Morgan fingerprint density at radius 2 is 2.05 bits per heavy atom. The summed E-state index contributed by atoms with van der Waals surface area (Å²) >= 11 is 0. The minimum atomic E-state index is -0.524. The topological polar surface area (TPSA) is 67.4 Å². The van der Waals surface area contributed by atoms with Crippen LogP contribution in [0.3, 0.4) is 0 Å². The highest BCUT2D eigenvalue weighted by Gasteiger charge is 2.17. The molecule has 0 radical (unpaired) electrons. The molecule has 1 aromatic carbocycles. The third-order valence-corrected chi connectivity index (χ3v) is 2.87. The molecule has 0 saturated carbocycles. The van der Waals surface area contributed by atoms with Gasteiger partial charge in [-0.1, -0.05) is 0 Å². The van der Waals surface area contributed by atoms with Crippen molar-refractivity contribution < 1.29 is 14.3 Å². The molecule has 1 heterocycles. The van der Waals surface area contributed by atoms with Crippen LogP contribution in [0.1, 0.15) is 39.2 Å². The summed E-state index contributed by atoms with van der Waals surface area (Å²) in [6.45, 7) is 5.46. The molecule has 1 aliphatic rings. The summed E-state index contributed by atoms with van der Waals surface area (Å²) < 4.78 is 5.21. The normalized spacial score (nSPS) is 14.8. The number of carbonyl (C=O) groups excluding carboxylic acids is 2. The molecular formula is C15H20N2O3. The maximum absolute atomic E-state index is 11.7. The van der Waals surface area contributed by atoms with E-state index in [0.29, 0.717) is 12.1 Å². The Bertz CT molecular complexity index is 532. The third kappa shape index (κ3) is 3.98. The van der Waals surface area contributed by atoms with Gasteiger partial charge in [-0.3, -0.25) is 10.1 Å². The van der Waals surface area contributed by atoms with Crippen LogP contribution in [0.4, 0.5) is 16.2 Å². The van der Waals surface area contributed by atoms with E-state index in [2.05, 4.69) is 10.6 Å². The Hall–Kier alpha value is -2.04. The van der Waals surface area contributed by atoms with Crippen molar-refractivity contribution in [2.75, 3.05) is 10.6 Å². The number of carbonyl (C=O) groups is 2. The SMILES string of the molecule is CC(C)(C)OC(=O)Nc1ccc2c(c1)CCCC(=O)N2. The lowest BCUT2D eigenvalue weighted by molar-refractivity contribution is -0.116. The standard InChI is InChI=1S/C15H20N2O3/c1-15(2,3)20-14(19)16-11-7-8-12-10(9-11)5-4-6-13(18)17-12/h7-9H,4-6H2,1-3H3,(H,16,19)(H,17,18). The Kier molecular flexibility index (Phi) is 3.97. The van der Waals surface area contributed by atoms with Crippen LogP contribution in [0.15, 0.2) is 18.2 Å². The predicted octanol–water partition coefficient (Wildman–Crippen LogP) is 3.31. The summed E-state index contributed by atoms with van der Waals surface area (Å²) in [6.07, 6.45) is 1.69. The molecule has 1 aromatic rings. The van der Waals surface area contributed by atoms with Gasteiger partial charge in [0.25, 0.3) is 0 Å². The van der Waals surface area contributed by atoms with E-state index in [9.17, 15) is 9.59 Å². The molecule has 0 unspecified atom stereocenters. The molecular weight excluding hydrogens is 256 g/mol. The van der Waals surface area contributed by atoms with E-state index in [-0.39, 0.29) is 5.91 Å². The first-order valence-corrected chi connectivity index (χ1v) is 6.76. The molecule has 2 N–H and O–H groups in total. The Morgan fingerprint density at radius 1 is 1.30 bits per heavy atom. The largest absolute Gasteiger partial charge is 0.444 e. The highest BCUT2D eigenvalue weighted by atomic mass is 16.6. The fourth-order valence-corrected chi connectivity index (χ4v) is 2.07. The number of amides is 2. The molecule has 1 aliphatic heterocycles. The lowest BCUT2D eigenvalue weighted by Crippen LogP contribution is -2.27. The first-order chi connectivity index (χ1) is 9.33. The molecule has 5 nitrogen and oxygen atoms in total. The van der Waals surface area contributed by atoms with Gasteiger partial charge in [0.15, 0.2) is 0 Å². The first-order valence-electron chi connectivity index (χ1n) is 6.76. The Balaban J connectivity index is 2.09. The van der Waals surface area contributed by atoms with Crippen molar-refractivity contribution in [1.29, 1.82) is 0 Å². The minimum Gasteiger partial charge on any atom is -0.444 e. The van der Waals surface area contributed by atoms with Crippen LogP contribution in [-0.4, -0.2) is 17.6 Å². The summed E-state index contributed by atoms with van der Waals surface area (Å²) in [7, 11) is 0. The zero-order valence-corrected chi connectivity index (χ0v) is 12.1. The van der Waals surface area contributed by atoms with Crippen LogP contribution < -0.4 is 10.6 Å². The molecule has 20 heavy (non-hydrogen) atoms. The summed E-state index contributed by atoms with van der Waals surface area (Å²) in [5.41, 5.74) is 2.00. The van der Waals surface area contributed by atoms with Gasteiger partial charge in [0.2, 0.25) is 5.91 Å². The van der Waals surface area contributed by atoms with E-state index in [1.54, 1.807) is 6.07 Å². The van der Waals surface area contributed by atoms with Crippen LogP contribution in [-0.2, 0) is 16.0 Å². The fourth-order valence-electron chi connectivity index (χ4n) is 2.07. The average molecular weight is 276 g/mol. The Morgan fingerprint density at radius 3 is 2.75 bits per heavy atom. The first kappa shape index (κ1) is 14.4. The fraction of sp³-hybridized carbons (Fsp3) is 0.467. The average Bonchev–Trinajstić information content (AvgIpc) is 2.47. The van der Waals surface area contributed by atoms with Gasteiger partial charge in [-0.25, -0.2) is 4.79 Å². The van der Waals surface area contributed by atoms with Gasteiger partial charge in [0, 0.05) is 17.8 Å². The molecule has 108 valence electrons. The minimum absolute atomic E-state index is 0.0385. The second-order valence-electron chi connectivity index (χ2n) is 5.90. The van der Waals surface area contributed by atoms with E-state index in [1.165, 1.54) is 0 Å². The van der Waals surface area contributed by atoms with Gasteiger partial charge in [-0.05, 0) is 57.4 Å². The molecule has 0 aromatic heterocycles. The highest BCUT2D eigenvalue weighted by Crippen LogP contribution is 2.25. The van der Waals surface area contributed by atoms with Gasteiger partial charge >= 0.3 is 6.09 Å². The van der Waals surface area contributed by atoms with E-state index in [1.807, 2.05) is 32.9 Å². The molecule has 2 rings (SSSR count). The van der Waals surface area contributed by atoms with Crippen molar-refractivity contribution in [2.45, 2.75) is 45.6 Å². The number of aryl methyl sites for hydroxylation is 1. The van der Waals surface area contributed by atoms with Crippen LogP contribution in [0.5, 0.6) is 0 Å². The van der Waals surface area contributed by atoms with Crippen molar-refractivity contribution in [2.24, 2.45) is 0 Å². The van der Waals surface area contributed by atoms with Gasteiger partial charge in [-0.15, -0.1) is 0 Å². The quantitative estimate of drug-likeness (QED) is 0.827. The van der Waals surface area contributed by atoms with Gasteiger partial charge in [0.05, 0.1) is 0 Å². The zero-order valence-electron chi connectivity index (χ0n) is 12.1. The van der Waals surface area contributed by atoms with Crippen LogP contribution in [0.2, 0.25) is 0 Å². The van der Waals surface area contributed by atoms with Gasteiger partial charge in [-0.2, -0.15) is 0 Å². The monoisotopic (exact) mass is 276 g/mol. The molecule has 0 bridgehead atoms. The number of rotatable bonds is 1. The predicted molar refractivity (Wildman–Crippen MR) is 77.9 cm³/mol. The molecule has 5 heteroatoms.